The van der Waals surface area contributed by atoms with Crippen LogP contribution in [0.2, 0.25) is 0 Å². The largest absolute Gasteiger partial charge is 0.350 e. The van der Waals surface area contributed by atoms with Crippen molar-refractivity contribution >= 4 is 17.5 Å². The summed E-state index contributed by atoms with van der Waals surface area (Å²) in [6.07, 6.45) is 5.07. The molecule has 0 bridgehead atoms. The van der Waals surface area contributed by atoms with Gasteiger partial charge in [-0.05, 0) is 50.5 Å². The maximum absolute atomic E-state index is 12.1. The first-order valence-corrected chi connectivity index (χ1v) is 8.53. The topological polar surface area (TPSA) is 88.9 Å². The van der Waals surface area contributed by atoms with Crippen molar-refractivity contribution in [1.29, 1.82) is 0 Å². The Hall–Kier alpha value is -2.70. The molecule has 1 aromatic heterocycles. The molecule has 0 radical (unpaired) electrons. The lowest BCUT2D eigenvalue weighted by molar-refractivity contribution is -0.116. The molecule has 2 rings (SSSR count). The van der Waals surface area contributed by atoms with Crippen LogP contribution in [0.3, 0.4) is 0 Å². The molecule has 0 aliphatic rings. The Labute approximate surface area is 147 Å². The number of benzene rings is 1. The highest BCUT2D eigenvalue weighted by Gasteiger charge is 2.11. The van der Waals surface area contributed by atoms with Gasteiger partial charge in [-0.25, -0.2) is 4.98 Å². The van der Waals surface area contributed by atoms with E-state index in [-0.39, 0.29) is 17.9 Å². The number of aromatic nitrogens is 3. The molecule has 0 unspecified atom stereocenters. The molecular formula is C18H25N5O2. The number of nitrogens with one attached hydrogen (secondary N) is 2. The van der Waals surface area contributed by atoms with E-state index in [1.165, 1.54) is 6.33 Å². The van der Waals surface area contributed by atoms with Gasteiger partial charge in [0.25, 0.3) is 5.91 Å². The van der Waals surface area contributed by atoms with Crippen molar-refractivity contribution in [2.45, 2.75) is 52.6 Å². The van der Waals surface area contributed by atoms with Crippen molar-refractivity contribution in [2.24, 2.45) is 0 Å². The first kappa shape index (κ1) is 18.6. The van der Waals surface area contributed by atoms with Gasteiger partial charge in [-0.3, -0.25) is 14.3 Å². The summed E-state index contributed by atoms with van der Waals surface area (Å²) in [5, 5.41) is 9.83. The normalized spacial score (nSPS) is 11.8. The molecule has 1 atom stereocenters. The average molecular weight is 343 g/mol. The zero-order valence-corrected chi connectivity index (χ0v) is 15.0. The number of hydrogen-bond donors (Lipinski definition) is 2. The minimum atomic E-state index is -0.0943. The molecule has 2 N–H and O–H groups in total. The molecule has 1 heterocycles. The Morgan fingerprint density at radius 3 is 2.76 bits per heavy atom. The van der Waals surface area contributed by atoms with Gasteiger partial charge in [0.2, 0.25) is 5.91 Å². The third-order valence-electron chi connectivity index (χ3n) is 4.01. The molecule has 7 heteroatoms. The number of nitrogens with zero attached hydrogens (tertiary/aromatic N) is 3. The molecule has 0 fully saturated rings. The lowest BCUT2D eigenvalue weighted by atomic mass is 10.1. The van der Waals surface area contributed by atoms with Gasteiger partial charge in [0, 0.05) is 30.3 Å². The van der Waals surface area contributed by atoms with E-state index >= 15 is 0 Å². The maximum atomic E-state index is 12.1. The predicted molar refractivity (Wildman–Crippen MR) is 96.3 cm³/mol. The minimum Gasteiger partial charge on any atom is -0.350 e. The second-order valence-electron chi connectivity index (χ2n) is 6.12. The second-order valence-corrected chi connectivity index (χ2v) is 6.12. The van der Waals surface area contributed by atoms with Crippen LogP contribution in [0.5, 0.6) is 0 Å². The van der Waals surface area contributed by atoms with E-state index in [0.717, 1.165) is 17.7 Å². The van der Waals surface area contributed by atoms with Crippen LogP contribution in [0.1, 0.15) is 49.0 Å². The fraction of sp³-hybridized carbons (Fsp3) is 0.444. The Balaban J connectivity index is 1.87. The van der Waals surface area contributed by atoms with Crippen molar-refractivity contribution < 1.29 is 9.59 Å². The van der Waals surface area contributed by atoms with Crippen molar-refractivity contribution in [3.05, 3.63) is 42.0 Å². The monoisotopic (exact) mass is 343 g/mol. The van der Waals surface area contributed by atoms with E-state index in [2.05, 4.69) is 20.7 Å². The number of amides is 2. The van der Waals surface area contributed by atoms with Crippen LogP contribution in [0.4, 0.5) is 5.69 Å². The highest BCUT2D eigenvalue weighted by molar-refractivity contribution is 5.96. The van der Waals surface area contributed by atoms with Crippen LogP contribution in [0.15, 0.2) is 30.9 Å². The van der Waals surface area contributed by atoms with Gasteiger partial charge >= 0.3 is 0 Å². The molecule has 2 amide bonds. The van der Waals surface area contributed by atoms with E-state index in [1.54, 1.807) is 29.2 Å². The summed E-state index contributed by atoms with van der Waals surface area (Å²) in [6.45, 7) is 6.53. The maximum Gasteiger partial charge on any atom is 0.251 e. The zero-order chi connectivity index (χ0) is 18.2. The lowest BCUT2D eigenvalue weighted by Crippen LogP contribution is -2.31. The molecule has 25 heavy (non-hydrogen) atoms. The van der Waals surface area contributed by atoms with Gasteiger partial charge in [-0.1, -0.05) is 6.92 Å². The van der Waals surface area contributed by atoms with Gasteiger partial charge in [0.1, 0.15) is 12.7 Å². The molecule has 7 nitrogen and oxygen atoms in total. The van der Waals surface area contributed by atoms with Gasteiger partial charge in [0.05, 0.1) is 0 Å². The standard InChI is InChI=1S/C18H25N5O2/c1-4-14(3)21-18(25)15-7-8-16(13(2)10-15)22-17(24)6-5-9-23-12-19-11-20-23/h7-8,10-12,14H,4-6,9H2,1-3H3,(H,21,25)(H,22,24)/t14-/m0/s1. The molecule has 1 aromatic carbocycles. The van der Waals surface area contributed by atoms with Crippen LogP contribution in [-0.4, -0.2) is 32.6 Å². The fourth-order valence-corrected chi connectivity index (χ4v) is 2.32. The van der Waals surface area contributed by atoms with Crippen LogP contribution >= 0.6 is 0 Å². The van der Waals surface area contributed by atoms with Crippen molar-refractivity contribution in [2.75, 3.05) is 5.32 Å². The van der Waals surface area contributed by atoms with E-state index in [4.69, 9.17) is 0 Å². The Bertz CT molecular complexity index is 712. The van der Waals surface area contributed by atoms with Crippen LogP contribution in [0, 0.1) is 6.92 Å². The Morgan fingerprint density at radius 1 is 1.32 bits per heavy atom. The molecule has 0 saturated heterocycles. The molecule has 0 aliphatic carbocycles. The van der Waals surface area contributed by atoms with Crippen molar-refractivity contribution in [3.63, 3.8) is 0 Å². The molecular weight excluding hydrogens is 318 g/mol. The summed E-state index contributed by atoms with van der Waals surface area (Å²) in [4.78, 5) is 28.1. The molecule has 0 saturated carbocycles. The number of hydrogen-bond acceptors (Lipinski definition) is 4. The Kier molecular flexibility index (Phi) is 6.68. The first-order valence-electron chi connectivity index (χ1n) is 8.53. The summed E-state index contributed by atoms with van der Waals surface area (Å²) in [5.41, 5.74) is 2.19. The molecule has 0 spiro atoms. The van der Waals surface area contributed by atoms with Gasteiger partial charge in [0.15, 0.2) is 0 Å². The summed E-state index contributed by atoms with van der Waals surface area (Å²) in [7, 11) is 0. The van der Waals surface area contributed by atoms with Crippen LogP contribution < -0.4 is 10.6 Å². The minimum absolute atomic E-state index is 0.0555. The summed E-state index contributed by atoms with van der Waals surface area (Å²) in [6, 6.07) is 5.44. The van der Waals surface area contributed by atoms with E-state index < -0.39 is 0 Å². The van der Waals surface area contributed by atoms with Crippen LogP contribution in [0.25, 0.3) is 0 Å². The highest BCUT2D eigenvalue weighted by Crippen LogP contribution is 2.17. The number of rotatable bonds is 8. The summed E-state index contributed by atoms with van der Waals surface area (Å²) < 4.78 is 1.70. The number of anilines is 1. The summed E-state index contributed by atoms with van der Waals surface area (Å²) >= 11 is 0. The molecule has 2 aromatic rings. The van der Waals surface area contributed by atoms with Crippen LogP contribution in [-0.2, 0) is 11.3 Å². The smallest absolute Gasteiger partial charge is 0.251 e. The van der Waals surface area contributed by atoms with Crippen molar-refractivity contribution in [3.8, 4) is 0 Å². The van der Waals surface area contributed by atoms with Gasteiger partial charge in [-0.2, -0.15) is 5.10 Å². The van der Waals surface area contributed by atoms with E-state index in [1.807, 2.05) is 20.8 Å². The third-order valence-corrected chi connectivity index (χ3v) is 4.01. The quantitative estimate of drug-likeness (QED) is 0.771. The first-order chi connectivity index (χ1) is 12.0. The predicted octanol–water partition coefficient (Wildman–Crippen LogP) is 2.53. The second kappa shape index (κ2) is 8.96. The Morgan fingerprint density at radius 2 is 2.12 bits per heavy atom. The third kappa shape index (κ3) is 5.70. The summed E-state index contributed by atoms with van der Waals surface area (Å²) in [5.74, 6) is -0.150. The number of aryl methyl sites for hydroxylation is 2. The van der Waals surface area contributed by atoms with E-state index in [9.17, 15) is 9.59 Å². The number of carbonyl (C=O) groups is 2. The lowest BCUT2D eigenvalue weighted by Gasteiger charge is -2.13. The van der Waals surface area contributed by atoms with E-state index in [0.29, 0.717) is 24.9 Å². The van der Waals surface area contributed by atoms with Gasteiger partial charge in [-0.15, -0.1) is 0 Å². The molecule has 134 valence electrons. The van der Waals surface area contributed by atoms with Crippen molar-refractivity contribution in [1.82, 2.24) is 20.1 Å². The fourth-order valence-electron chi connectivity index (χ4n) is 2.32. The number of carbonyl (C=O) groups excluding carboxylic acids is 2. The highest BCUT2D eigenvalue weighted by atomic mass is 16.2. The average Bonchev–Trinajstić information content (AvgIpc) is 3.09. The molecule has 0 aliphatic heterocycles. The van der Waals surface area contributed by atoms with Gasteiger partial charge < -0.3 is 10.6 Å². The zero-order valence-electron chi connectivity index (χ0n) is 15.0. The SMILES string of the molecule is CC[C@H](C)NC(=O)c1ccc(NC(=O)CCCn2cncn2)c(C)c1.